The summed E-state index contributed by atoms with van der Waals surface area (Å²) in [6.07, 6.45) is 3.41. The fourth-order valence-corrected chi connectivity index (χ4v) is 3.86. The molecule has 1 aromatic heterocycles. The number of methoxy groups -OCH3 is 3. The van der Waals surface area contributed by atoms with Crippen molar-refractivity contribution in [2.75, 3.05) is 26.6 Å². The second-order valence-electron chi connectivity index (χ2n) is 6.65. The van der Waals surface area contributed by atoms with E-state index in [1.165, 1.54) is 13.3 Å². The van der Waals surface area contributed by atoms with Crippen LogP contribution in [0, 0.1) is 0 Å². The van der Waals surface area contributed by atoms with Crippen LogP contribution in [0.5, 0.6) is 11.5 Å². The summed E-state index contributed by atoms with van der Waals surface area (Å²) in [6.45, 7) is 0. The highest BCUT2D eigenvalue weighted by Gasteiger charge is 2.39. The zero-order chi connectivity index (χ0) is 19.8. The Kier molecular flexibility index (Phi) is 4.54. The van der Waals surface area contributed by atoms with Crippen molar-refractivity contribution in [1.29, 1.82) is 0 Å². The smallest absolute Gasteiger partial charge is 0.343 e. The van der Waals surface area contributed by atoms with Crippen molar-refractivity contribution in [3.05, 3.63) is 46.8 Å². The topological polar surface area (TPSA) is 91.7 Å². The summed E-state index contributed by atoms with van der Waals surface area (Å²) in [4.78, 5) is 25.1. The van der Waals surface area contributed by atoms with Crippen LogP contribution in [0.1, 0.15) is 41.2 Å². The lowest BCUT2D eigenvalue weighted by molar-refractivity contribution is -0.116. The Morgan fingerprint density at radius 3 is 2.75 bits per heavy atom. The number of Topliss-reactive ketones (excluding diaryl/α,β-unsaturated/α-hetero) is 1. The number of nitrogens with one attached hydrogen (secondary N) is 1. The number of esters is 1. The Morgan fingerprint density at radius 2 is 2.04 bits per heavy atom. The normalized spacial score (nSPS) is 18.1. The molecule has 1 atom stereocenters. The second-order valence-corrected chi connectivity index (χ2v) is 6.65. The highest BCUT2D eigenvalue weighted by Crippen LogP contribution is 2.44. The van der Waals surface area contributed by atoms with Gasteiger partial charge in [-0.2, -0.15) is 5.10 Å². The molecule has 0 spiro atoms. The zero-order valence-corrected chi connectivity index (χ0v) is 15.9. The average Bonchev–Trinajstić information content (AvgIpc) is 3.15. The quantitative estimate of drug-likeness (QED) is 0.812. The van der Waals surface area contributed by atoms with E-state index in [9.17, 15) is 9.59 Å². The minimum atomic E-state index is -0.525. The van der Waals surface area contributed by atoms with E-state index >= 15 is 0 Å². The van der Waals surface area contributed by atoms with Crippen molar-refractivity contribution in [3.8, 4) is 11.5 Å². The molecule has 0 amide bonds. The third-order valence-electron chi connectivity index (χ3n) is 5.18. The molecule has 2 heterocycles. The lowest BCUT2D eigenvalue weighted by atomic mass is 9.85. The lowest BCUT2D eigenvalue weighted by Crippen LogP contribution is -2.32. The Balaban J connectivity index is 1.97. The lowest BCUT2D eigenvalue weighted by Gasteiger charge is -2.34. The molecule has 1 N–H and O–H groups in total. The van der Waals surface area contributed by atoms with Gasteiger partial charge < -0.3 is 19.5 Å². The van der Waals surface area contributed by atoms with Gasteiger partial charge in [-0.25, -0.2) is 9.48 Å². The first kappa shape index (κ1) is 18.1. The minimum absolute atomic E-state index is 0.0596. The van der Waals surface area contributed by atoms with Crippen LogP contribution in [0.4, 0.5) is 5.82 Å². The third kappa shape index (κ3) is 2.72. The van der Waals surface area contributed by atoms with Gasteiger partial charge in [0.05, 0.1) is 27.5 Å². The highest BCUT2D eigenvalue weighted by atomic mass is 16.5. The maximum atomic E-state index is 12.9. The summed E-state index contributed by atoms with van der Waals surface area (Å²) in [7, 11) is 4.49. The van der Waals surface area contributed by atoms with Gasteiger partial charge in [-0.1, -0.05) is 0 Å². The Hall–Kier alpha value is -3.29. The fourth-order valence-electron chi connectivity index (χ4n) is 3.86. The van der Waals surface area contributed by atoms with Crippen molar-refractivity contribution < 1.29 is 23.8 Å². The fraction of sp³-hybridized carbons (Fsp3) is 0.350. The van der Waals surface area contributed by atoms with Crippen LogP contribution in [0.3, 0.4) is 0 Å². The number of hydrogen-bond donors (Lipinski definition) is 1. The highest BCUT2D eigenvalue weighted by molar-refractivity contribution is 6.01. The van der Waals surface area contributed by atoms with E-state index in [0.29, 0.717) is 34.9 Å². The van der Waals surface area contributed by atoms with Crippen molar-refractivity contribution in [2.45, 2.75) is 25.3 Å². The van der Waals surface area contributed by atoms with Crippen molar-refractivity contribution in [1.82, 2.24) is 9.78 Å². The molecule has 1 aromatic carbocycles. The molecule has 8 nitrogen and oxygen atoms in total. The number of ketones is 1. The van der Waals surface area contributed by atoms with Crippen LogP contribution < -0.4 is 14.8 Å². The van der Waals surface area contributed by atoms with E-state index in [2.05, 4.69) is 10.4 Å². The molecule has 2 aliphatic rings. The van der Waals surface area contributed by atoms with Gasteiger partial charge in [0.25, 0.3) is 0 Å². The van der Waals surface area contributed by atoms with Gasteiger partial charge in [0.15, 0.2) is 5.78 Å². The summed E-state index contributed by atoms with van der Waals surface area (Å²) in [5.41, 5.74) is 2.51. The molecule has 8 heteroatoms. The number of carbonyl (C=O) groups excluding carboxylic acids is 2. The van der Waals surface area contributed by atoms with E-state index < -0.39 is 12.0 Å². The molecule has 4 rings (SSSR count). The first-order chi connectivity index (χ1) is 13.6. The predicted octanol–water partition coefficient (Wildman–Crippen LogP) is 2.71. The number of fused-ring (bicyclic) bond motifs is 1. The number of benzene rings is 1. The predicted molar refractivity (Wildman–Crippen MR) is 101 cm³/mol. The SMILES string of the molecule is COC(=O)c1cnn2c1NC1=C(C(=O)CCC1)C2c1cc(OC)ccc1OC. The molecule has 0 saturated heterocycles. The standard InChI is InChI=1S/C20H21N3O5/c1-26-11-7-8-16(27-2)12(9-11)18-17-14(5-4-6-15(17)24)22-19-13(20(25)28-3)10-21-23(18)19/h7-10,18,22H,4-6H2,1-3H3. The van der Waals surface area contributed by atoms with Crippen LogP contribution in [0.25, 0.3) is 0 Å². The Morgan fingerprint density at radius 1 is 1.21 bits per heavy atom. The first-order valence-electron chi connectivity index (χ1n) is 9.00. The summed E-state index contributed by atoms with van der Waals surface area (Å²) in [6, 6.07) is 4.91. The number of hydrogen-bond acceptors (Lipinski definition) is 7. The van der Waals surface area contributed by atoms with E-state index in [1.807, 2.05) is 6.07 Å². The van der Waals surface area contributed by atoms with Crippen molar-refractivity contribution >= 4 is 17.6 Å². The first-order valence-corrected chi connectivity index (χ1v) is 9.00. The van der Waals surface area contributed by atoms with Crippen molar-refractivity contribution in [2.24, 2.45) is 0 Å². The molecule has 1 unspecified atom stereocenters. The van der Waals surface area contributed by atoms with Crippen LogP contribution in [-0.4, -0.2) is 42.9 Å². The number of ether oxygens (including phenoxy) is 3. The minimum Gasteiger partial charge on any atom is -0.497 e. The largest absolute Gasteiger partial charge is 0.497 e. The Labute approximate surface area is 162 Å². The molecule has 2 aromatic rings. The van der Waals surface area contributed by atoms with Gasteiger partial charge in [-0.05, 0) is 31.0 Å². The zero-order valence-electron chi connectivity index (χ0n) is 15.9. The molecule has 0 fully saturated rings. The van der Waals surface area contributed by atoms with E-state index in [0.717, 1.165) is 24.1 Å². The summed E-state index contributed by atoms with van der Waals surface area (Å²) in [5, 5.41) is 7.66. The third-order valence-corrected chi connectivity index (χ3v) is 5.18. The number of nitrogens with zero attached hydrogens (tertiary/aromatic N) is 2. The van der Waals surface area contributed by atoms with E-state index in [4.69, 9.17) is 14.2 Å². The van der Waals surface area contributed by atoms with Gasteiger partial charge in [0, 0.05) is 23.3 Å². The van der Waals surface area contributed by atoms with Crippen LogP contribution in [0.2, 0.25) is 0 Å². The summed E-state index contributed by atoms with van der Waals surface area (Å²) >= 11 is 0. The summed E-state index contributed by atoms with van der Waals surface area (Å²) < 4.78 is 17.5. The number of carbonyl (C=O) groups is 2. The Bertz CT molecular complexity index is 992. The molecular formula is C20H21N3O5. The van der Waals surface area contributed by atoms with Gasteiger partial charge in [-0.3, -0.25) is 4.79 Å². The molecule has 0 bridgehead atoms. The molecule has 1 aliphatic carbocycles. The molecule has 0 saturated carbocycles. The molecule has 0 radical (unpaired) electrons. The maximum absolute atomic E-state index is 12.9. The van der Waals surface area contributed by atoms with Crippen LogP contribution in [-0.2, 0) is 9.53 Å². The average molecular weight is 383 g/mol. The number of anilines is 1. The van der Waals surface area contributed by atoms with E-state index in [-0.39, 0.29) is 5.78 Å². The van der Waals surface area contributed by atoms with Crippen LogP contribution >= 0.6 is 0 Å². The van der Waals surface area contributed by atoms with E-state index in [1.54, 1.807) is 31.0 Å². The molecular weight excluding hydrogens is 362 g/mol. The second kappa shape index (κ2) is 7.03. The molecule has 28 heavy (non-hydrogen) atoms. The molecule has 1 aliphatic heterocycles. The maximum Gasteiger partial charge on any atom is 0.343 e. The van der Waals surface area contributed by atoms with Crippen molar-refractivity contribution in [3.63, 3.8) is 0 Å². The number of rotatable bonds is 4. The number of aromatic nitrogens is 2. The van der Waals surface area contributed by atoms with Gasteiger partial charge in [0.1, 0.15) is 28.9 Å². The molecule has 146 valence electrons. The van der Waals surface area contributed by atoms with Gasteiger partial charge in [0.2, 0.25) is 0 Å². The summed E-state index contributed by atoms with van der Waals surface area (Å²) in [5.74, 6) is 1.33. The van der Waals surface area contributed by atoms with Gasteiger partial charge in [-0.15, -0.1) is 0 Å². The monoisotopic (exact) mass is 383 g/mol. The van der Waals surface area contributed by atoms with Gasteiger partial charge >= 0.3 is 5.97 Å². The number of allylic oxidation sites excluding steroid dienone is 2. The van der Waals surface area contributed by atoms with Crippen LogP contribution in [0.15, 0.2) is 35.7 Å².